The zero-order valence-corrected chi connectivity index (χ0v) is 32.1. The van der Waals surface area contributed by atoms with Gasteiger partial charge in [-0.2, -0.15) is 0 Å². The number of benzene rings is 3. The first-order chi connectivity index (χ1) is 24.7. The summed E-state index contributed by atoms with van der Waals surface area (Å²) >= 11 is 6.14. The molecule has 1 atom stereocenters. The van der Waals surface area contributed by atoms with E-state index < -0.39 is 0 Å². The minimum atomic E-state index is 0.135. The third-order valence-corrected chi connectivity index (χ3v) is 10.4. The van der Waals surface area contributed by atoms with Crippen LogP contribution in [0.1, 0.15) is 84.2 Å². The summed E-state index contributed by atoms with van der Waals surface area (Å²) in [5.74, 6) is 1.70. The van der Waals surface area contributed by atoms with E-state index in [-0.39, 0.29) is 6.04 Å². The molecule has 0 bridgehead atoms. The summed E-state index contributed by atoms with van der Waals surface area (Å²) in [6.07, 6.45) is 20.1. The Hall–Kier alpha value is -4.05. The first-order valence-corrected chi connectivity index (χ1v) is 19.0. The normalized spacial score (nSPS) is 15.9. The molecule has 5 rings (SSSR count). The molecule has 1 saturated carbocycles. The van der Waals surface area contributed by atoms with Gasteiger partial charge in [0.25, 0.3) is 0 Å². The highest BCUT2D eigenvalue weighted by atomic mass is 35.5. The summed E-state index contributed by atoms with van der Waals surface area (Å²) in [5, 5.41) is 4.42. The maximum Gasteiger partial charge on any atom is 0.122 e. The molecule has 1 fully saturated rings. The monoisotopic (exact) mass is 702 g/mol. The molecule has 1 heterocycles. The number of nitrogens with zero attached hydrogens (tertiary/aromatic N) is 1. The van der Waals surface area contributed by atoms with Crippen molar-refractivity contribution in [2.75, 3.05) is 20.2 Å². The van der Waals surface area contributed by atoms with Crippen LogP contribution in [0.3, 0.4) is 0 Å². The second kappa shape index (κ2) is 20.7. The summed E-state index contributed by atoms with van der Waals surface area (Å²) in [7, 11) is 2.25. The Kier molecular flexibility index (Phi) is 16.1. The van der Waals surface area contributed by atoms with Gasteiger partial charge in [-0.3, -0.25) is 0 Å². The van der Waals surface area contributed by atoms with Gasteiger partial charge in [0.05, 0.1) is 6.61 Å². The Balaban J connectivity index is 0.000000445. The fourth-order valence-corrected chi connectivity index (χ4v) is 7.20. The first-order valence-electron chi connectivity index (χ1n) is 18.7. The molecule has 2 aliphatic rings. The predicted octanol–water partition coefficient (Wildman–Crippen LogP) is 12.0. The maximum atomic E-state index is 6.14. The van der Waals surface area contributed by atoms with E-state index in [9.17, 15) is 0 Å². The lowest BCUT2D eigenvalue weighted by atomic mass is 9.79. The topological polar surface area (TPSA) is 24.5 Å². The molecule has 0 aromatic heterocycles. The van der Waals surface area contributed by atoms with E-state index in [0.717, 1.165) is 73.8 Å². The Morgan fingerprint density at radius 2 is 1.71 bits per heavy atom. The van der Waals surface area contributed by atoms with Crippen LogP contribution in [0.15, 0.2) is 134 Å². The van der Waals surface area contributed by atoms with Gasteiger partial charge in [0, 0.05) is 29.7 Å². The molecule has 0 radical (unpaired) electrons. The van der Waals surface area contributed by atoms with Crippen LogP contribution >= 0.6 is 11.6 Å². The Bertz CT molecular complexity index is 1640. The molecular formula is C47H59ClN2O. The third-order valence-electron chi connectivity index (χ3n) is 10.1. The first kappa shape index (κ1) is 39.7. The van der Waals surface area contributed by atoms with Crippen LogP contribution in [0.4, 0.5) is 0 Å². The number of ether oxygens (including phenoxy) is 1. The fraction of sp³-hybridized carbons (Fsp3) is 0.362. The smallest absolute Gasteiger partial charge is 0.122 e. The second-order valence-electron chi connectivity index (χ2n) is 14.1. The zero-order valence-electron chi connectivity index (χ0n) is 31.4. The van der Waals surface area contributed by atoms with Crippen molar-refractivity contribution < 1.29 is 4.74 Å². The summed E-state index contributed by atoms with van der Waals surface area (Å²) in [5.41, 5.74) is 11.7. The summed E-state index contributed by atoms with van der Waals surface area (Å²) < 4.78 is 5.43. The zero-order chi connectivity index (χ0) is 36.6. The van der Waals surface area contributed by atoms with E-state index >= 15 is 0 Å². The number of unbranched alkanes of at least 4 members (excludes halogenated alkanes) is 2. The number of halogens is 1. The van der Waals surface area contributed by atoms with Gasteiger partial charge >= 0.3 is 0 Å². The highest BCUT2D eigenvalue weighted by molar-refractivity contribution is 6.30. The largest absolute Gasteiger partial charge is 0.493 e. The van der Waals surface area contributed by atoms with Gasteiger partial charge in [-0.25, -0.2) is 0 Å². The van der Waals surface area contributed by atoms with Crippen molar-refractivity contribution in [3.05, 3.63) is 173 Å². The van der Waals surface area contributed by atoms with Gasteiger partial charge in [-0.05, 0) is 142 Å². The number of aryl methyl sites for hydroxylation is 2. The van der Waals surface area contributed by atoms with Gasteiger partial charge in [0.15, 0.2) is 0 Å². The van der Waals surface area contributed by atoms with Crippen molar-refractivity contribution >= 4 is 11.6 Å². The van der Waals surface area contributed by atoms with Crippen molar-refractivity contribution in [1.29, 1.82) is 0 Å². The van der Waals surface area contributed by atoms with Crippen molar-refractivity contribution in [2.45, 2.75) is 90.1 Å². The molecule has 270 valence electrons. The highest BCUT2D eigenvalue weighted by Gasteiger charge is 2.22. The molecule has 1 aliphatic carbocycles. The summed E-state index contributed by atoms with van der Waals surface area (Å²) in [6, 6.07) is 21.7. The van der Waals surface area contributed by atoms with E-state index in [1.54, 1.807) is 6.08 Å². The molecule has 1 aliphatic heterocycles. The molecule has 4 heteroatoms. The molecule has 1 N–H and O–H groups in total. The van der Waals surface area contributed by atoms with E-state index in [0.29, 0.717) is 5.92 Å². The predicted molar refractivity (Wildman–Crippen MR) is 221 cm³/mol. The van der Waals surface area contributed by atoms with Crippen LogP contribution in [-0.4, -0.2) is 31.1 Å². The lowest BCUT2D eigenvalue weighted by Crippen LogP contribution is -2.29. The molecule has 3 aromatic rings. The van der Waals surface area contributed by atoms with E-state index in [2.05, 4.69) is 112 Å². The van der Waals surface area contributed by atoms with Crippen molar-refractivity contribution in [1.82, 2.24) is 10.2 Å². The number of hydrogen-bond acceptors (Lipinski definition) is 3. The Morgan fingerprint density at radius 3 is 2.41 bits per heavy atom. The molecule has 0 amide bonds. The fourth-order valence-electron chi connectivity index (χ4n) is 7.07. The quantitative estimate of drug-likeness (QED) is 0.0913. The van der Waals surface area contributed by atoms with Gasteiger partial charge in [0.2, 0.25) is 0 Å². The van der Waals surface area contributed by atoms with Crippen molar-refractivity contribution in [3.63, 3.8) is 0 Å². The van der Waals surface area contributed by atoms with Gasteiger partial charge in [-0.15, -0.1) is 6.58 Å². The molecule has 3 nitrogen and oxygen atoms in total. The lowest BCUT2D eigenvalue weighted by Gasteiger charge is -2.29. The van der Waals surface area contributed by atoms with Crippen LogP contribution in [0.5, 0.6) is 5.75 Å². The number of allylic oxidation sites excluding steroid dienone is 5. The number of nitrogens with one attached hydrogen (secondary N) is 1. The van der Waals surface area contributed by atoms with Crippen LogP contribution in [0.25, 0.3) is 0 Å². The van der Waals surface area contributed by atoms with Crippen molar-refractivity contribution in [2.24, 2.45) is 0 Å². The van der Waals surface area contributed by atoms with Gasteiger partial charge in [-0.1, -0.05) is 110 Å². The average Bonchev–Trinajstić information content (AvgIpc) is 3.58. The molecule has 1 unspecified atom stereocenters. The highest BCUT2D eigenvalue weighted by Crippen LogP contribution is 2.37. The minimum absolute atomic E-state index is 0.135. The summed E-state index contributed by atoms with van der Waals surface area (Å²) in [4.78, 5) is 2.47. The third kappa shape index (κ3) is 12.6. The number of fused-ring (bicyclic) bond motifs is 1. The summed E-state index contributed by atoms with van der Waals surface area (Å²) in [6.45, 7) is 23.2. The van der Waals surface area contributed by atoms with Crippen LogP contribution < -0.4 is 10.1 Å². The maximum absolute atomic E-state index is 6.14. The van der Waals surface area contributed by atoms with Crippen molar-refractivity contribution in [3.8, 4) is 5.75 Å². The minimum Gasteiger partial charge on any atom is -0.493 e. The Morgan fingerprint density at radius 1 is 0.980 bits per heavy atom. The van der Waals surface area contributed by atoms with Gasteiger partial charge in [0.1, 0.15) is 5.75 Å². The van der Waals surface area contributed by atoms with E-state index in [4.69, 9.17) is 16.3 Å². The molecule has 51 heavy (non-hydrogen) atoms. The average molecular weight is 703 g/mol. The van der Waals surface area contributed by atoms with Crippen LogP contribution in [-0.2, 0) is 19.4 Å². The molecular weight excluding hydrogens is 644 g/mol. The number of rotatable bonds is 16. The van der Waals surface area contributed by atoms with Gasteiger partial charge < -0.3 is 15.0 Å². The second-order valence-corrected chi connectivity index (χ2v) is 14.5. The van der Waals surface area contributed by atoms with E-state index in [1.165, 1.54) is 64.6 Å². The molecule has 0 spiro atoms. The standard InChI is InChI=1S/C37H47ClN2.C10H12O/c1-6-9-10-13-25-40(5)28-34-15-11-12-16-37(34)33-21-17-30(18-22-33)26-36(27-31-19-23-35(38)24-20-31)39-29(4)32(8-3)14-7-2;1-7-5-9-3-4-11-10(9)6-8(7)2/h6-8,11-12,14-16,19-20,23-24,26,33,36,39H,1-4,9-10,13,17-18,21-22,25,27-28H2,5H3;5-6H,3-4H2,1-2H3/b30-26?,32-14+;. The SMILES string of the molecule is C=C/C=C(\C=C)C(=C)NC(C=C1CCC(c2ccccc2CN(C)CCCCC=C)CC1)Cc1ccc(Cl)cc1.Cc1cc2c(cc1C)OCC2. The van der Waals surface area contributed by atoms with Crippen LogP contribution in [0, 0.1) is 13.8 Å². The lowest BCUT2D eigenvalue weighted by molar-refractivity contribution is 0.316. The Labute approximate surface area is 314 Å². The molecule has 3 aromatic carbocycles. The van der Waals surface area contributed by atoms with E-state index in [1.807, 2.05) is 30.4 Å². The van der Waals surface area contributed by atoms with Crippen LogP contribution in [0.2, 0.25) is 5.02 Å². The molecule has 0 saturated heterocycles. The number of hydrogen-bond donors (Lipinski definition) is 1.